The maximum absolute atomic E-state index is 13.0. The minimum absolute atomic E-state index is 0.0272. The van der Waals surface area contributed by atoms with Gasteiger partial charge < -0.3 is 4.74 Å². The molecule has 0 aliphatic rings. The van der Waals surface area contributed by atoms with Crippen molar-refractivity contribution < 1.29 is 9.53 Å². The van der Waals surface area contributed by atoms with Gasteiger partial charge in [0.1, 0.15) is 12.4 Å². The summed E-state index contributed by atoms with van der Waals surface area (Å²) in [5, 5.41) is 0. The van der Waals surface area contributed by atoms with Gasteiger partial charge in [-0.3, -0.25) is 0 Å². The fourth-order valence-corrected chi connectivity index (χ4v) is 4.15. The van der Waals surface area contributed by atoms with E-state index in [2.05, 4.69) is 63.0 Å². The monoisotopic (exact) mass is 424 g/mol. The number of ether oxygens (including phenoxy) is 1. The molecule has 1 heterocycles. The topological polar surface area (TPSA) is 44.1 Å². The maximum atomic E-state index is 13.0. The molecule has 0 aliphatic heterocycles. The Bertz CT molecular complexity index is 1240. The van der Waals surface area contributed by atoms with Crippen LogP contribution in [0.4, 0.5) is 4.79 Å². The average molecular weight is 425 g/mol. The second kappa shape index (κ2) is 9.23. The molecule has 0 saturated heterocycles. The van der Waals surface area contributed by atoms with Crippen LogP contribution in [-0.2, 0) is 11.3 Å². The Labute approximate surface area is 189 Å². The highest BCUT2D eigenvalue weighted by molar-refractivity contribution is 5.72. The molecule has 162 valence electrons. The minimum atomic E-state index is -0.417. The van der Waals surface area contributed by atoms with Crippen molar-refractivity contribution >= 4 is 6.09 Å². The van der Waals surface area contributed by atoms with Crippen LogP contribution in [0.1, 0.15) is 46.5 Å². The molecule has 0 amide bonds. The molecule has 1 atom stereocenters. The fraction of sp³-hybridized carbons (Fsp3) is 0.214. The van der Waals surface area contributed by atoms with E-state index in [0.717, 1.165) is 27.8 Å². The van der Waals surface area contributed by atoms with Crippen molar-refractivity contribution in [3.63, 3.8) is 0 Å². The number of benzene rings is 3. The van der Waals surface area contributed by atoms with E-state index in [0.29, 0.717) is 5.82 Å². The standard InChI is InChI=1S/C28H28N2O2/c1-19-10-8-14-25(20(19)2)22(4)27-29-16-17-30(27)28(31)32-18-24-13-9-15-26(21(24)3)23-11-6-5-7-12-23/h5-17,22H,18H2,1-4H3/t22-/m0/s1. The summed E-state index contributed by atoms with van der Waals surface area (Å²) in [6, 6.07) is 22.6. The Morgan fingerprint density at radius 1 is 0.938 bits per heavy atom. The highest BCUT2D eigenvalue weighted by atomic mass is 16.5. The number of imidazole rings is 1. The minimum Gasteiger partial charge on any atom is -0.444 e. The van der Waals surface area contributed by atoms with Crippen molar-refractivity contribution in [3.05, 3.63) is 113 Å². The second-order valence-corrected chi connectivity index (χ2v) is 8.18. The summed E-state index contributed by atoms with van der Waals surface area (Å²) in [4.78, 5) is 17.4. The van der Waals surface area contributed by atoms with Crippen molar-refractivity contribution in [2.24, 2.45) is 0 Å². The summed E-state index contributed by atoms with van der Waals surface area (Å²) < 4.78 is 7.23. The summed E-state index contributed by atoms with van der Waals surface area (Å²) in [6.45, 7) is 8.55. The van der Waals surface area contributed by atoms with Gasteiger partial charge in [0.15, 0.2) is 0 Å². The molecule has 4 rings (SSSR count). The van der Waals surface area contributed by atoms with Crippen LogP contribution in [0.3, 0.4) is 0 Å². The van der Waals surface area contributed by atoms with E-state index in [1.807, 2.05) is 36.4 Å². The molecule has 1 aromatic heterocycles. The summed E-state index contributed by atoms with van der Waals surface area (Å²) in [5.41, 5.74) is 8.00. The van der Waals surface area contributed by atoms with E-state index in [1.54, 1.807) is 12.4 Å². The van der Waals surface area contributed by atoms with Crippen LogP contribution in [0, 0.1) is 20.8 Å². The lowest BCUT2D eigenvalue weighted by atomic mass is 9.93. The first-order valence-electron chi connectivity index (χ1n) is 10.9. The highest BCUT2D eigenvalue weighted by Crippen LogP contribution is 2.28. The third kappa shape index (κ3) is 4.22. The molecule has 0 radical (unpaired) electrons. The Morgan fingerprint density at radius 2 is 1.69 bits per heavy atom. The first-order valence-corrected chi connectivity index (χ1v) is 10.9. The van der Waals surface area contributed by atoms with Crippen LogP contribution in [0.2, 0.25) is 0 Å². The number of aromatic nitrogens is 2. The number of rotatable bonds is 5. The zero-order valence-corrected chi connectivity index (χ0v) is 19.0. The molecule has 0 unspecified atom stereocenters. The molecule has 4 heteroatoms. The van der Waals surface area contributed by atoms with Crippen molar-refractivity contribution in [3.8, 4) is 11.1 Å². The molecule has 0 spiro atoms. The van der Waals surface area contributed by atoms with Gasteiger partial charge in [-0.15, -0.1) is 0 Å². The zero-order valence-electron chi connectivity index (χ0n) is 19.0. The average Bonchev–Trinajstić information content (AvgIpc) is 3.30. The SMILES string of the molecule is Cc1cccc([C@H](C)c2nccn2C(=O)OCc2cccc(-c3ccccc3)c2C)c1C. The number of carbonyl (C=O) groups excluding carboxylic acids is 1. The molecule has 3 aromatic carbocycles. The lowest BCUT2D eigenvalue weighted by Gasteiger charge is -2.17. The van der Waals surface area contributed by atoms with Crippen molar-refractivity contribution in [1.29, 1.82) is 0 Å². The first-order chi connectivity index (χ1) is 15.5. The predicted octanol–water partition coefficient (Wildman–Crippen LogP) is 6.81. The van der Waals surface area contributed by atoms with Gasteiger partial charge in [0, 0.05) is 18.3 Å². The van der Waals surface area contributed by atoms with Crippen LogP contribution in [0.5, 0.6) is 0 Å². The van der Waals surface area contributed by atoms with E-state index in [4.69, 9.17) is 4.74 Å². The molecule has 0 N–H and O–H groups in total. The normalized spacial score (nSPS) is 11.9. The van der Waals surface area contributed by atoms with E-state index in [9.17, 15) is 4.79 Å². The van der Waals surface area contributed by atoms with Crippen molar-refractivity contribution in [1.82, 2.24) is 9.55 Å². The van der Waals surface area contributed by atoms with Crippen LogP contribution >= 0.6 is 0 Å². The van der Waals surface area contributed by atoms with Gasteiger partial charge in [0.2, 0.25) is 0 Å². The highest BCUT2D eigenvalue weighted by Gasteiger charge is 2.21. The lowest BCUT2D eigenvalue weighted by molar-refractivity contribution is 0.140. The number of nitrogens with zero attached hydrogens (tertiary/aromatic N) is 2. The Balaban J connectivity index is 1.53. The summed E-state index contributed by atoms with van der Waals surface area (Å²) in [5.74, 6) is 0.652. The molecule has 32 heavy (non-hydrogen) atoms. The Hall–Kier alpha value is -3.66. The number of hydrogen-bond donors (Lipinski definition) is 0. The van der Waals surface area contributed by atoms with E-state index < -0.39 is 6.09 Å². The van der Waals surface area contributed by atoms with Gasteiger partial charge in [-0.1, -0.05) is 73.7 Å². The van der Waals surface area contributed by atoms with E-state index in [1.165, 1.54) is 15.7 Å². The lowest BCUT2D eigenvalue weighted by Crippen LogP contribution is -2.18. The zero-order chi connectivity index (χ0) is 22.7. The quantitative estimate of drug-likeness (QED) is 0.353. The Morgan fingerprint density at radius 3 is 2.47 bits per heavy atom. The molecule has 4 aromatic rings. The smallest absolute Gasteiger partial charge is 0.419 e. The summed E-state index contributed by atoms with van der Waals surface area (Å²) >= 11 is 0. The maximum Gasteiger partial charge on any atom is 0.419 e. The van der Waals surface area contributed by atoms with Gasteiger partial charge in [-0.05, 0) is 59.7 Å². The van der Waals surface area contributed by atoms with Gasteiger partial charge in [-0.2, -0.15) is 0 Å². The fourth-order valence-electron chi connectivity index (χ4n) is 4.15. The van der Waals surface area contributed by atoms with Crippen LogP contribution in [0.15, 0.2) is 79.1 Å². The van der Waals surface area contributed by atoms with Crippen molar-refractivity contribution in [2.75, 3.05) is 0 Å². The molecule has 4 nitrogen and oxygen atoms in total. The number of aryl methyl sites for hydroxylation is 1. The predicted molar refractivity (Wildman–Crippen MR) is 128 cm³/mol. The summed E-state index contributed by atoms with van der Waals surface area (Å²) in [7, 11) is 0. The van der Waals surface area contributed by atoms with Gasteiger partial charge in [0.25, 0.3) is 0 Å². The molecule has 0 fully saturated rings. The van der Waals surface area contributed by atoms with Crippen LogP contribution in [0.25, 0.3) is 11.1 Å². The Kier molecular flexibility index (Phi) is 6.22. The number of hydrogen-bond acceptors (Lipinski definition) is 3. The van der Waals surface area contributed by atoms with Gasteiger partial charge in [0.05, 0.1) is 0 Å². The molecule has 0 bridgehead atoms. The first kappa shape index (κ1) is 21.6. The summed E-state index contributed by atoms with van der Waals surface area (Å²) in [6.07, 6.45) is 2.91. The van der Waals surface area contributed by atoms with E-state index >= 15 is 0 Å². The van der Waals surface area contributed by atoms with E-state index in [-0.39, 0.29) is 12.5 Å². The molecule has 0 saturated carbocycles. The molecule has 0 aliphatic carbocycles. The third-order valence-corrected chi connectivity index (χ3v) is 6.25. The number of carbonyl (C=O) groups is 1. The van der Waals surface area contributed by atoms with Crippen LogP contribution in [-0.4, -0.2) is 15.6 Å². The van der Waals surface area contributed by atoms with Gasteiger partial charge >= 0.3 is 6.09 Å². The third-order valence-electron chi connectivity index (χ3n) is 6.25. The van der Waals surface area contributed by atoms with Crippen LogP contribution < -0.4 is 0 Å². The largest absolute Gasteiger partial charge is 0.444 e. The molecular weight excluding hydrogens is 396 g/mol. The second-order valence-electron chi connectivity index (χ2n) is 8.18. The van der Waals surface area contributed by atoms with Crippen molar-refractivity contribution in [2.45, 2.75) is 40.2 Å². The molecular formula is C28H28N2O2. The van der Waals surface area contributed by atoms with Gasteiger partial charge in [-0.25, -0.2) is 14.3 Å².